The van der Waals surface area contributed by atoms with Gasteiger partial charge in [0.2, 0.25) is 0 Å². The van der Waals surface area contributed by atoms with E-state index in [4.69, 9.17) is 0 Å². The smallest absolute Gasteiger partial charge is 0.297 e. The Labute approximate surface area is 54.3 Å². The maximum absolute atomic E-state index is 10.3. The quantitative estimate of drug-likeness (QED) is 0.531. The van der Waals surface area contributed by atoms with Crippen LogP contribution in [0.3, 0.4) is 0 Å². The Morgan fingerprint density at radius 1 is 1.56 bits per heavy atom. The first-order chi connectivity index (χ1) is 4.12. The molecule has 0 unspecified atom stereocenters. The zero-order chi connectivity index (χ0) is 7.33. The number of hydrogen-bond donors (Lipinski definition) is 1. The van der Waals surface area contributed by atoms with Gasteiger partial charge in [-0.05, 0) is 7.05 Å². The minimum absolute atomic E-state index is 0.0732. The zero-order valence-corrected chi connectivity index (χ0v) is 6.06. The van der Waals surface area contributed by atoms with Crippen LogP contribution in [0.15, 0.2) is 0 Å². The van der Waals surface area contributed by atoms with Crippen LogP contribution in [0.25, 0.3) is 0 Å². The second-order valence-electron chi connectivity index (χ2n) is 1.19. The van der Waals surface area contributed by atoms with Gasteiger partial charge in [-0.15, -0.1) is 0 Å². The molecule has 0 amide bonds. The van der Waals surface area contributed by atoms with Gasteiger partial charge in [-0.25, -0.2) is 4.18 Å². The highest BCUT2D eigenvalue weighted by Crippen LogP contribution is 1.89. The molecule has 0 spiro atoms. The first-order valence-electron chi connectivity index (χ1n) is 2.22. The molecule has 5 nitrogen and oxygen atoms in total. The summed E-state index contributed by atoms with van der Waals surface area (Å²) in [4.78, 5) is 0. The van der Waals surface area contributed by atoms with Crippen LogP contribution in [0.1, 0.15) is 0 Å². The van der Waals surface area contributed by atoms with Crippen molar-refractivity contribution in [2.24, 2.45) is 0 Å². The van der Waals surface area contributed by atoms with Gasteiger partial charge >= 0.3 is 10.4 Å². The van der Waals surface area contributed by atoms with Crippen molar-refractivity contribution in [1.29, 1.82) is 0 Å². The average molecular weight is 155 g/mol. The highest BCUT2D eigenvalue weighted by molar-refractivity contribution is 7.81. The third-order valence-corrected chi connectivity index (χ3v) is 1.37. The van der Waals surface area contributed by atoms with Crippen LogP contribution < -0.4 is 5.32 Å². The molecule has 0 rings (SSSR count). The van der Waals surface area contributed by atoms with Crippen LogP contribution in [0, 0.1) is 0 Å². The van der Waals surface area contributed by atoms with E-state index in [1.165, 1.54) is 0 Å². The van der Waals surface area contributed by atoms with Crippen molar-refractivity contribution >= 4 is 10.4 Å². The van der Waals surface area contributed by atoms with Crippen LogP contribution in [-0.4, -0.2) is 29.3 Å². The Morgan fingerprint density at radius 2 is 2.11 bits per heavy atom. The van der Waals surface area contributed by atoms with E-state index in [1.54, 1.807) is 7.05 Å². The van der Waals surface area contributed by atoms with Crippen molar-refractivity contribution < 1.29 is 16.8 Å². The fraction of sp³-hybridized carbons (Fsp3) is 1.00. The molecule has 0 aromatic heterocycles. The molecule has 0 aromatic rings. The predicted octanol–water partition coefficient (Wildman–Crippen LogP) is -0.929. The van der Waals surface area contributed by atoms with Crippen molar-refractivity contribution in [2.75, 3.05) is 20.9 Å². The first kappa shape index (κ1) is 8.83. The molecular formula is C3H9NO4S. The molecule has 0 aliphatic heterocycles. The van der Waals surface area contributed by atoms with Gasteiger partial charge in [0.25, 0.3) is 0 Å². The van der Waals surface area contributed by atoms with Crippen LogP contribution in [0.5, 0.6) is 0 Å². The molecular weight excluding hydrogens is 146 g/mol. The number of nitrogens with one attached hydrogen (secondary N) is 1. The van der Waals surface area contributed by atoms with Gasteiger partial charge in [-0.2, -0.15) is 8.42 Å². The third kappa shape index (κ3) is 4.34. The number of rotatable bonds is 4. The molecule has 56 valence electrons. The monoisotopic (exact) mass is 155 g/mol. The molecule has 0 bridgehead atoms. The van der Waals surface area contributed by atoms with Gasteiger partial charge in [-0.3, -0.25) is 9.50 Å². The molecule has 0 aliphatic carbocycles. The Bertz CT molecular complexity index is 151. The second kappa shape index (κ2) is 3.78. The second-order valence-corrected chi connectivity index (χ2v) is 2.58. The van der Waals surface area contributed by atoms with Gasteiger partial charge in [0.15, 0.2) is 0 Å². The van der Waals surface area contributed by atoms with Crippen LogP contribution in [0.2, 0.25) is 0 Å². The topological polar surface area (TPSA) is 64.6 Å². The lowest BCUT2D eigenvalue weighted by molar-refractivity contribution is 0.232. The van der Waals surface area contributed by atoms with Crippen molar-refractivity contribution in [3.63, 3.8) is 0 Å². The molecule has 6 heteroatoms. The summed E-state index contributed by atoms with van der Waals surface area (Å²) in [5.74, 6) is 0. The van der Waals surface area contributed by atoms with E-state index in [9.17, 15) is 8.42 Å². The van der Waals surface area contributed by atoms with Gasteiger partial charge in [0.1, 0.15) is 6.73 Å². The van der Waals surface area contributed by atoms with Crippen molar-refractivity contribution in [1.82, 2.24) is 5.32 Å². The van der Waals surface area contributed by atoms with Gasteiger partial charge in [-0.1, -0.05) is 0 Å². The lowest BCUT2D eigenvalue weighted by Gasteiger charge is -1.99. The van der Waals surface area contributed by atoms with Crippen molar-refractivity contribution in [3.8, 4) is 0 Å². The summed E-state index contributed by atoms with van der Waals surface area (Å²) >= 11 is 0. The summed E-state index contributed by atoms with van der Waals surface area (Å²) in [6.07, 6.45) is 0. The molecule has 0 fully saturated rings. The minimum Gasteiger partial charge on any atom is -0.297 e. The van der Waals surface area contributed by atoms with E-state index in [0.717, 1.165) is 7.11 Å². The Kier molecular flexibility index (Phi) is 3.71. The summed E-state index contributed by atoms with van der Waals surface area (Å²) in [6.45, 7) is -0.0732. The summed E-state index contributed by atoms with van der Waals surface area (Å²) < 4.78 is 28.7. The number of hydrogen-bond acceptors (Lipinski definition) is 5. The maximum atomic E-state index is 10.3. The van der Waals surface area contributed by atoms with Crippen molar-refractivity contribution in [3.05, 3.63) is 0 Å². The highest BCUT2D eigenvalue weighted by atomic mass is 32.3. The standard InChI is InChI=1S/C3H9NO4S/c1-4-3-8-9(5,6)7-2/h4H,3H2,1-2H3. The maximum Gasteiger partial charge on any atom is 0.400 e. The Balaban J connectivity index is 3.61. The molecule has 9 heavy (non-hydrogen) atoms. The molecule has 0 heterocycles. The third-order valence-electron chi connectivity index (χ3n) is 0.552. The van der Waals surface area contributed by atoms with Crippen molar-refractivity contribution in [2.45, 2.75) is 0 Å². The first-order valence-corrected chi connectivity index (χ1v) is 3.55. The van der Waals surface area contributed by atoms with E-state index in [-0.39, 0.29) is 6.73 Å². The van der Waals surface area contributed by atoms with E-state index in [0.29, 0.717) is 0 Å². The van der Waals surface area contributed by atoms with E-state index in [2.05, 4.69) is 13.7 Å². The molecule has 0 atom stereocenters. The lowest BCUT2D eigenvalue weighted by atomic mass is 11.2. The minimum atomic E-state index is -3.74. The Hall–Kier alpha value is -0.170. The van der Waals surface area contributed by atoms with Gasteiger partial charge in [0, 0.05) is 0 Å². The van der Waals surface area contributed by atoms with Crippen LogP contribution in [0.4, 0.5) is 0 Å². The van der Waals surface area contributed by atoms with Crippen LogP contribution >= 0.6 is 0 Å². The summed E-state index contributed by atoms with van der Waals surface area (Å²) in [5, 5.41) is 2.48. The molecule has 1 N–H and O–H groups in total. The summed E-state index contributed by atoms with van der Waals surface area (Å²) in [7, 11) is -1.15. The fourth-order valence-corrected chi connectivity index (χ4v) is 0.538. The molecule has 0 aliphatic rings. The van der Waals surface area contributed by atoms with Gasteiger partial charge < -0.3 is 0 Å². The predicted molar refractivity (Wildman–Crippen MR) is 30.9 cm³/mol. The summed E-state index contributed by atoms with van der Waals surface area (Å²) in [5.41, 5.74) is 0. The normalized spacial score (nSPS) is 11.8. The van der Waals surface area contributed by atoms with Gasteiger partial charge in [0.05, 0.1) is 7.11 Å². The molecule has 0 saturated carbocycles. The highest BCUT2D eigenvalue weighted by Gasteiger charge is 2.05. The zero-order valence-electron chi connectivity index (χ0n) is 5.25. The largest absolute Gasteiger partial charge is 0.400 e. The SMILES string of the molecule is CNCOS(=O)(=O)OC. The fourth-order valence-electron chi connectivity index (χ4n) is 0.179. The Morgan fingerprint density at radius 3 is 2.44 bits per heavy atom. The van der Waals surface area contributed by atoms with E-state index < -0.39 is 10.4 Å². The molecule has 0 aromatic carbocycles. The van der Waals surface area contributed by atoms with Crippen LogP contribution in [-0.2, 0) is 18.8 Å². The van der Waals surface area contributed by atoms with E-state index >= 15 is 0 Å². The molecule has 0 saturated heterocycles. The lowest BCUT2D eigenvalue weighted by Crippen LogP contribution is -2.17. The molecule has 0 radical (unpaired) electrons. The van der Waals surface area contributed by atoms with E-state index in [1.807, 2.05) is 0 Å². The average Bonchev–Trinajstić information content (AvgIpc) is 1.84. The summed E-state index contributed by atoms with van der Waals surface area (Å²) in [6, 6.07) is 0.